The van der Waals surface area contributed by atoms with E-state index in [1.165, 1.54) is 0 Å². The van der Waals surface area contributed by atoms with Crippen LogP contribution in [0.1, 0.15) is 31.9 Å². The summed E-state index contributed by atoms with van der Waals surface area (Å²) in [6, 6.07) is 5.08. The van der Waals surface area contributed by atoms with Crippen LogP contribution in [0.4, 0.5) is 13.2 Å². The first kappa shape index (κ1) is 23.6. The first-order valence-electron chi connectivity index (χ1n) is 8.94. The fourth-order valence-electron chi connectivity index (χ4n) is 2.12. The molecule has 6 nitrogen and oxygen atoms in total. The molecule has 0 radical (unpaired) electrons. The SMILES string of the molecule is CN=C(NCCNC(=O)C(C)(C)C)NCc1ccc(C)cc1OCC(F)(F)F. The number of carbonyl (C=O) groups excluding carboxylic acids is 1. The lowest BCUT2D eigenvalue weighted by atomic mass is 9.96. The molecule has 158 valence electrons. The van der Waals surface area contributed by atoms with Gasteiger partial charge in [-0.3, -0.25) is 9.79 Å². The number of hydrogen-bond acceptors (Lipinski definition) is 3. The number of hydrogen-bond donors (Lipinski definition) is 3. The third-order valence-electron chi connectivity index (χ3n) is 3.67. The first-order chi connectivity index (χ1) is 12.9. The number of guanidine groups is 1. The van der Waals surface area contributed by atoms with E-state index in [0.29, 0.717) is 24.6 Å². The molecule has 28 heavy (non-hydrogen) atoms. The van der Waals surface area contributed by atoms with Gasteiger partial charge < -0.3 is 20.7 Å². The van der Waals surface area contributed by atoms with Gasteiger partial charge in [0, 0.05) is 37.7 Å². The Balaban J connectivity index is 2.56. The summed E-state index contributed by atoms with van der Waals surface area (Å²) >= 11 is 0. The molecule has 0 atom stereocenters. The van der Waals surface area contributed by atoms with E-state index in [1.54, 1.807) is 32.2 Å². The molecule has 9 heteroatoms. The highest BCUT2D eigenvalue weighted by atomic mass is 19.4. The van der Waals surface area contributed by atoms with E-state index in [2.05, 4.69) is 20.9 Å². The van der Waals surface area contributed by atoms with Crippen molar-refractivity contribution in [2.75, 3.05) is 26.7 Å². The van der Waals surface area contributed by atoms with Crippen LogP contribution in [0.3, 0.4) is 0 Å². The Kier molecular flexibility index (Phi) is 8.59. The van der Waals surface area contributed by atoms with E-state index in [4.69, 9.17) is 4.74 Å². The van der Waals surface area contributed by atoms with E-state index in [1.807, 2.05) is 20.8 Å². The predicted molar refractivity (Wildman–Crippen MR) is 103 cm³/mol. The van der Waals surface area contributed by atoms with Crippen LogP contribution >= 0.6 is 0 Å². The molecule has 0 fully saturated rings. The molecule has 1 rings (SSSR count). The Morgan fingerprint density at radius 3 is 2.32 bits per heavy atom. The van der Waals surface area contributed by atoms with E-state index in [-0.39, 0.29) is 18.2 Å². The molecule has 0 aliphatic carbocycles. The molecule has 0 saturated carbocycles. The average molecular weight is 402 g/mol. The van der Waals surface area contributed by atoms with Crippen LogP contribution in [0.15, 0.2) is 23.2 Å². The summed E-state index contributed by atoms with van der Waals surface area (Å²) in [6.07, 6.45) is -4.40. The maximum Gasteiger partial charge on any atom is 0.422 e. The summed E-state index contributed by atoms with van der Waals surface area (Å²) in [5.74, 6) is 0.591. The normalized spacial score (nSPS) is 12.5. The van der Waals surface area contributed by atoms with Crippen molar-refractivity contribution in [2.45, 2.75) is 40.4 Å². The highest BCUT2D eigenvalue weighted by molar-refractivity contribution is 5.81. The number of rotatable bonds is 7. The third-order valence-corrected chi connectivity index (χ3v) is 3.67. The molecule has 0 bridgehead atoms. The summed E-state index contributed by atoms with van der Waals surface area (Å²) in [5, 5.41) is 8.87. The third kappa shape index (κ3) is 8.96. The quantitative estimate of drug-likeness (QED) is 0.373. The number of carbonyl (C=O) groups is 1. The molecule has 0 unspecified atom stereocenters. The first-order valence-corrected chi connectivity index (χ1v) is 8.94. The zero-order chi connectivity index (χ0) is 21.4. The average Bonchev–Trinajstić information content (AvgIpc) is 2.58. The van der Waals surface area contributed by atoms with Gasteiger partial charge in [0.25, 0.3) is 0 Å². The molecule has 3 N–H and O–H groups in total. The van der Waals surface area contributed by atoms with Crippen LogP contribution in [-0.2, 0) is 11.3 Å². The fourth-order valence-corrected chi connectivity index (χ4v) is 2.12. The van der Waals surface area contributed by atoms with Crippen LogP contribution < -0.4 is 20.7 Å². The van der Waals surface area contributed by atoms with Crippen LogP contribution in [0.25, 0.3) is 0 Å². The van der Waals surface area contributed by atoms with Crippen molar-refractivity contribution >= 4 is 11.9 Å². The van der Waals surface area contributed by atoms with Crippen molar-refractivity contribution in [3.63, 3.8) is 0 Å². The van der Waals surface area contributed by atoms with Crippen LogP contribution in [0.5, 0.6) is 5.75 Å². The Bertz CT molecular complexity index is 683. The molecule has 0 aromatic heterocycles. The molecule has 1 amide bonds. The lowest BCUT2D eigenvalue weighted by Crippen LogP contribution is -2.43. The Morgan fingerprint density at radius 1 is 1.11 bits per heavy atom. The lowest BCUT2D eigenvalue weighted by Gasteiger charge is -2.18. The minimum Gasteiger partial charge on any atom is -0.484 e. The second kappa shape index (κ2) is 10.2. The second-order valence-electron chi connectivity index (χ2n) is 7.37. The predicted octanol–water partition coefficient (Wildman–Crippen LogP) is 2.76. The number of halogens is 3. The number of benzene rings is 1. The zero-order valence-corrected chi connectivity index (χ0v) is 17.0. The van der Waals surface area contributed by atoms with Crippen molar-refractivity contribution < 1.29 is 22.7 Å². The largest absolute Gasteiger partial charge is 0.484 e. The van der Waals surface area contributed by atoms with Gasteiger partial charge in [0.1, 0.15) is 5.75 Å². The summed E-state index contributed by atoms with van der Waals surface area (Å²) in [6.45, 7) is 7.03. The number of alkyl halides is 3. The molecular weight excluding hydrogens is 373 g/mol. The Morgan fingerprint density at radius 2 is 1.75 bits per heavy atom. The van der Waals surface area contributed by atoms with Gasteiger partial charge in [0.15, 0.2) is 12.6 Å². The van der Waals surface area contributed by atoms with Gasteiger partial charge in [-0.1, -0.05) is 32.9 Å². The van der Waals surface area contributed by atoms with Gasteiger partial charge >= 0.3 is 6.18 Å². The highest BCUT2D eigenvalue weighted by Crippen LogP contribution is 2.23. The summed E-state index contributed by atoms with van der Waals surface area (Å²) in [4.78, 5) is 15.9. The van der Waals surface area contributed by atoms with Gasteiger partial charge in [0.05, 0.1) is 0 Å². The van der Waals surface area contributed by atoms with Gasteiger partial charge in [-0.05, 0) is 18.6 Å². The molecule has 0 aliphatic rings. The molecule has 0 heterocycles. The smallest absolute Gasteiger partial charge is 0.422 e. The molecule has 0 aliphatic heterocycles. The minimum atomic E-state index is -4.40. The van der Waals surface area contributed by atoms with E-state index in [0.717, 1.165) is 5.56 Å². The van der Waals surface area contributed by atoms with Crippen molar-refractivity contribution in [3.8, 4) is 5.75 Å². The topological polar surface area (TPSA) is 74.8 Å². The van der Waals surface area contributed by atoms with Gasteiger partial charge in [-0.2, -0.15) is 13.2 Å². The van der Waals surface area contributed by atoms with E-state index < -0.39 is 18.2 Å². The number of nitrogens with zero attached hydrogens (tertiary/aromatic N) is 1. The van der Waals surface area contributed by atoms with E-state index in [9.17, 15) is 18.0 Å². The monoisotopic (exact) mass is 402 g/mol. The Hall–Kier alpha value is -2.45. The van der Waals surface area contributed by atoms with Crippen LogP contribution in [0, 0.1) is 12.3 Å². The van der Waals surface area contributed by atoms with Crippen molar-refractivity contribution in [1.82, 2.24) is 16.0 Å². The number of aliphatic imine (C=N–C) groups is 1. The minimum absolute atomic E-state index is 0.0524. The standard InChI is InChI=1S/C19H29F3N4O2/c1-13-6-7-14(15(10-13)28-12-19(20,21)22)11-26-17(23-5)25-9-8-24-16(27)18(2,3)4/h6-7,10H,8-9,11-12H2,1-5H3,(H,24,27)(H2,23,25,26). The maximum absolute atomic E-state index is 12.4. The number of nitrogens with one attached hydrogen (secondary N) is 3. The highest BCUT2D eigenvalue weighted by Gasteiger charge is 2.28. The van der Waals surface area contributed by atoms with Gasteiger partial charge in [0.2, 0.25) is 5.91 Å². The van der Waals surface area contributed by atoms with Crippen LogP contribution in [0.2, 0.25) is 0 Å². The number of amides is 1. The molecular formula is C19H29F3N4O2. The van der Waals surface area contributed by atoms with Gasteiger partial charge in [-0.15, -0.1) is 0 Å². The summed E-state index contributed by atoms with van der Waals surface area (Å²) < 4.78 is 42.3. The fraction of sp³-hybridized carbons (Fsp3) is 0.579. The van der Waals surface area contributed by atoms with Crippen molar-refractivity contribution in [3.05, 3.63) is 29.3 Å². The molecule has 0 spiro atoms. The van der Waals surface area contributed by atoms with Crippen molar-refractivity contribution in [2.24, 2.45) is 10.4 Å². The van der Waals surface area contributed by atoms with Gasteiger partial charge in [-0.25, -0.2) is 0 Å². The second-order valence-corrected chi connectivity index (χ2v) is 7.37. The van der Waals surface area contributed by atoms with E-state index >= 15 is 0 Å². The number of aryl methyl sites for hydroxylation is 1. The summed E-state index contributed by atoms with van der Waals surface area (Å²) in [5.41, 5.74) is 0.926. The summed E-state index contributed by atoms with van der Waals surface area (Å²) in [7, 11) is 1.58. The molecule has 1 aromatic carbocycles. The maximum atomic E-state index is 12.4. The molecule has 1 aromatic rings. The zero-order valence-electron chi connectivity index (χ0n) is 17.0. The Labute approximate surface area is 163 Å². The number of ether oxygens (including phenoxy) is 1. The van der Waals surface area contributed by atoms with Crippen molar-refractivity contribution in [1.29, 1.82) is 0 Å². The van der Waals surface area contributed by atoms with Crippen LogP contribution in [-0.4, -0.2) is 44.8 Å². The lowest BCUT2D eigenvalue weighted by molar-refractivity contribution is -0.153. The molecule has 0 saturated heterocycles.